The Labute approximate surface area is 135 Å². The molecule has 5 nitrogen and oxygen atoms in total. The van der Waals surface area contributed by atoms with Crippen molar-refractivity contribution in [3.8, 4) is 11.5 Å². The van der Waals surface area contributed by atoms with Crippen molar-refractivity contribution in [1.82, 2.24) is 4.72 Å². The molecular weight excluding hydrogens is 321 g/mol. The lowest BCUT2D eigenvalue weighted by Crippen LogP contribution is -2.28. The summed E-state index contributed by atoms with van der Waals surface area (Å²) in [7, 11) is -2.48. The topological polar surface area (TPSA) is 64.6 Å². The molecule has 0 heterocycles. The second-order valence-electron chi connectivity index (χ2n) is 4.86. The van der Waals surface area contributed by atoms with Crippen molar-refractivity contribution >= 4 is 10.0 Å². The van der Waals surface area contributed by atoms with Crippen LogP contribution in [0.3, 0.4) is 0 Å². The van der Waals surface area contributed by atoms with Gasteiger partial charge >= 0.3 is 0 Å². The summed E-state index contributed by atoms with van der Waals surface area (Å²) in [5.74, 6) is -0.0715. The van der Waals surface area contributed by atoms with Crippen LogP contribution in [-0.2, 0) is 10.0 Å². The monoisotopic (exact) mass is 339 g/mol. The summed E-state index contributed by atoms with van der Waals surface area (Å²) < 4.78 is 50.3. The molecule has 0 saturated heterocycles. The maximum absolute atomic E-state index is 13.6. The number of ether oxygens (including phenoxy) is 2. The highest BCUT2D eigenvalue weighted by molar-refractivity contribution is 7.89. The number of aryl methyl sites for hydroxylation is 1. The third kappa shape index (κ3) is 4.67. The van der Waals surface area contributed by atoms with E-state index >= 15 is 0 Å². The fourth-order valence-corrected chi connectivity index (χ4v) is 2.97. The van der Waals surface area contributed by atoms with Crippen molar-refractivity contribution in [3.05, 3.63) is 53.8 Å². The molecule has 1 N–H and O–H groups in total. The van der Waals surface area contributed by atoms with E-state index in [4.69, 9.17) is 9.47 Å². The van der Waals surface area contributed by atoms with Gasteiger partial charge in [0.15, 0.2) is 11.6 Å². The van der Waals surface area contributed by atoms with Crippen LogP contribution in [0.5, 0.6) is 11.5 Å². The highest BCUT2D eigenvalue weighted by Gasteiger charge is 2.16. The standard InChI is InChI=1S/C16H18FNO4S/c1-12-4-3-5-13(10-12)22-9-8-18-23(19,20)14-6-7-16(21-2)15(17)11-14/h3-7,10-11,18H,8-9H2,1-2H3. The lowest BCUT2D eigenvalue weighted by molar-refractivity contribution is 0.322. The van der Waals surface area contributed by atoms with Crippen LogP contribution in [0.2, 0.25) is 0 Å². The van der Waals surface area contributed by atoms with E-state index in [1.165, 1.54) is 19.2 Å². The second kappa shape index (κ2) is 7.43. The molecule has 0 spiro atoms. The largest absolute Gasteiger partial charge is 0.494 e. The normalized spacial score (nSPS) is 11.3. The van der Waals surface area contributed by atoms with Gasteiger partial charge in [-0.05, 0) is 42.8 Å². The van der Waals surface area contributed by atoms with Crippen molar-refractivity contribution in [1.29, 1.82) is 0 Å². The van der Waals surface area contributed by atoms with Crippen LogP contribution in [0.4, 0.5) is 4.39 Å². The Bertz CT molecular complexity index is 777. The fraction of sp³-hybridized carbons (Fsp3) is 0.250. The first-order valence-corrected chi connectivity index (χ1v) is 8.43. The predicted octanol–water partition coefficient (Wildman–Crippen LogP) is 2.50. The quantitative estimate of drug-likeness (QED) is 0.787. The average molecular weight is 339 g/mol. The highest BCUT2D eigenvalue weighted by Crippen LogP contribution is 2.20. The molecule has 0 aromatic heterocycles. The van der Waals surface area contributed by atoms with Gasteiger partial charge in [0.1, 0.15) is 12.4 Å². The lowest BCUT2D eigenvalue weighted by atomic mass is 10.2. The van der Waals surface area contributed by atoms with Gasteiger partial charge in [-0.25, -0.2) is 17.5 Å². The van der Waals surface area contributed by atoms with Gasteiger partial charge in [0.2, 0.25) is 10.0 Å². The Kier molecular flexibility index (Phi) is 5.57. The lowest BCUT2D eigenvalue weighted by Gasteiger charge is -2.10. The van der Waals surface area contributed by atoms with Gasteiger partial charge in [-0.2, -0.15) is 0 Å². The van der Waals surface area contributed by atoms with E-state index in [-0.39, 0.29) is 23.8 Å². The van der Waals surface area contributed by atoms with Crippen LogP contribution in [0.1, 0.15) is 5.56 Å². The summed E-state index contributed by atoms with van der Waals surface area (Å²) in [6.07, 6.45) is 0. The first-order chi connectivity index (χ1) is 10.9. The zero-order chi connectivity index (χ0) is 16.9. The number of sulfonamides is 1. The van der Waals surface area contributed by atoms with Gasteiger partial charge in [0, 0.05) is 6.54 Å². The van der Waals surface area contributed by atoms with E-state index < -0.39 is 15.8 Å². The molecule has 0 fully saturated rings. The third-order valence-electron chi connectivity index (χ3n) is 3.09. The van der Waals surface area contributed by atoms with Crippen molar-refractivity contribution in [2.45, 2.75) is 11.8 Å². The van der Waals surface area contributed by atoms with Crippen molar-refractivity contribution < 1.29 is 22.3 Å². The Morgan fingerprint density at radius 3 is 2.61 bits per heavy atom. The number of hydrogen-bond donors (Lipinski definition) is 1. The van der Waals surface area contributed by atoms with E-state index in [0.717, 1.165) is 11.6 Å². The molecule has 0 unspecified atom stereocenters. The molecule has 23 heavy (non-hydrogen) atoms. The molecule has 2 aromatic rings. The Hall–Kier alpha value is -2.12. The van der Waals surface area contributed by atoms with E-state index in [1.54, 1.807) is 6.07 Å². The van der Waals surface area contributed by atoms with E-state index in [1.807, 2.05) is 25.1 Å². The number of hydrogen-bond acceptors (Lipinski definition) is 4. The molecule has 0 amide bonds. The zero-order valence-electron chi connectivity index (χ0n) is 12.9. The first kappa shape index (κ1) is 17.2. The van der Waals surface area contributed by atoms with Gasteiger partial charge < -0.3 is 9.47 Å². The van der Waals surface area contributed by atoms with E-state index in [2.05, 4.69) is 4.72 Å². The molecule has 0 atom stereocenters. The number of benzene rings is 2. The van der Waals surface area contributed by atoms with Crippen LogP contribution in [0, 0.1) is 12.7 Å². The van der Waals surface area contributed by atoms with Gasteiger partial charge in [0.05, 0.1) is 12.0 Å². The maximum atomic E-state index is 13.6. The molecule has 0 aliphatic carbocycles. The second-order valence-corrected chi connectivity index (χ2v) is 6.63. The molecule has 124 valence electrons. The third-order valence-corrected chi connectivity index (χ3v) is 4.54. The Morgan fingerprint density at radius 1 is 1.17 bits per heavy atom. The molecule has 0 bridgehead atoms. The summed E-state index contributed by atoms with van der Waals surface area (Å²) in [6, 6.07) is 10.9. The Balaban J connectivity index is 1.92. The van der Waals surface area contributed by atoms with Crippen LogP contribution >= 0.6 is 0 Å². The first-order valence-electron chi connectivity index (χ1n) is 6.95. The summed E-state index contributed by atoms with van der Waals surface area (Å²) in [4.78, 5) is -0.161. The molecule has 2 aromatic carbocycles. The van der Waals surface area contributed by atoms with Gasteiger partial charge in [-0.3, -0.25) is 0 Å². The minimum atomic E-state index is -3.80. The van der Waals surface area contributed by atoms with Gasteiger partial charge in [0.25, 0.3) is 0 Å². The van der Waals surface area contributed by atoms with Crippen molar-refractivity contribution in [2.75, 3.05) is 20.3 Å². The SMILES string of the molecule is COc1ccc(S(=O)(=O)NCCOc2cccc(C)c2)cc1F. The number of halogens is 1. The van der Waals surface area contributed by atoms with Crippen LogP contribution < -0.4 is 14.2 Å². The number of nitrogens with one attached hydrogen (secondary N) is 1. The molecule has 2 rings (SSSR count). The van der Waals surface area contributed by atoms with Gasteiger partial charge in [-0.1, -0.05) is 12.1 Å². The van der Waals surface area contributed by atoms with Crippen molar-refractivity contribution in [2.24, 2.45) is 0 Å². The molecule has 0 aliphatic rings. The molecule has 0 aliphatic heterocycles. The van der Waals surface area contributed by atoms with Crippen LogP contribution in [0.15, 0.2) is 47.4 Å². The summed E-state index contributed by atoms with van der Waals surface area (Å²) in [5, 5.41) is 0. The minimum Gasteiger partial charge on any atom is -0.494 e. The van der Waals surface area contributed by atoms with Crippen molar-refractivity contribution in [3.63, 3.8) is 0 Å². The van der Waals surface area contributed by atoms with E-state index in [0.29, 0.717) is 5.75 Å². The van der Waals surface area contributed by atoms with E-state index in [9.17, 15) is 12.8 Å². The van der Waals surface area contributed by atoms with Crippen LogP contribution in [0.25, 0.3) is 0 Å². The summed E-state index contributed by atoms with van der Waals surface area (Å²) in [6.45, 7) is 2.18. The average Bonchev–Trinajstić information content (AvgIpc) is 2.51. The molecular formula is C16H18FNO4S. The Morgan fingerprint density at radius 2 is 1.96 bits per heavy atom. The smallest absolute Gasteiger partial charge is 0.240 e. The fourth-order valence-electron chi connectivity index (χ4n) is 1.95. The maximum Gasteiger partial charge on any atom is 0.240 e. The molecule has 7 heteroatoms. The van der Waals surface area contributed by atoms with Crippen LogP contribution in [-0.4, -0.2) is 28.7 Å². The highest BCUT2D eigenvalue weighted by atomic mass is 32.2. The number of rotatable bonds is 7. The minimum absolute atomic E-state index is 0.00766. The molecule has 0 radical (unpaired) electrons. The zero-order valence-corrected chi connectivity index (χ0v) is 13.7. The van der Waals surface area contributed by atoms with Gasteiger partial charge in [-0.15, -0.1) is 0 Å². The summed E-state index contributed by atoms with van der Waals surface area (Å²) >= 11 is 0. The predicted molar refractivity (Wildman–Crippen MR) is 84.8 cm³/mol. The summed E-state index contributed by atoms with van der Waals surface area (Å²) in [5.41, 5.74) is 1.05. The molecule has 0 saturated carbocycles. The number of methoxy groups -OCH3 is 1.